The molecule has 3 rings (SSSR count). The van der Waals surface area contributed by atoms with E-state index in [1.165, 1.54) is 5.56 Å². The average Bonchev–Trinajstić information content (AvgIpc) is 3.17. The molecule has 1 fully saturated rings. The number of halogens is 1. The first-order valence-electron chi connectivity index (χ1n) is 5.46. The minimum atomic E-state index is 0.303. The monoisotopic (exact) mass is 290 g/mol. The zero-order valence-electron chi connectivity index (χ0n) is 9.10. The van der Waals surface area contributed by atoms with Gasteiger partial charge in [0.25, 0.3) is 0 Å². The summed E-state index contributed by atoms with van der Waals surface area (Å²) in [5.74, 6) is 1.68. The smallest absolute Gasteiger partial charge is 0.127 e. The van der Waals surface area contributed by atoms with Crippen LogP contribution in [-0.2, 0) is 4.74 Å². The Morgan fingerprint density at radius 1 is 0.941 bits per heavy atom. The lowest BCUT2D eigenvalue weighted by Crippen LogP contribution is -1.85. The highest BCUT2D eigenvalue weighted by atomic mass is 79.9. The van der Waals surface area contributed by atoms with Gasteiger partial charge in [0.15, 0.2) is 0 Å². The number of ether oxygens (including phenoxy) is 2. The Hall–Kier alpha value is -1.32. The lowest BCUT2D eigenvalue weighted by atomic mass is 10.1. The fourth-order valence-electron chi connectivity index (χ4n) is 1.63. The third kappa shape index (κ3) is 2.68. The normalized spacial score (nSPS) is 17.8. The lowest BCUT2D eigenvalue weighted by molar-refractivity contribution is 0.415. The van der Waals surface area contributed by atoms with Crippen LogP contribution < -0.4 is 4.74 Å². The minimum Gasteiger partial charge on any atom is -0.457 e. The molecule has 0 aromatic heterocycles. The molecule has 17 heavy (non-hydrogen) atoms. The zero-order valence-corrected chi connectivity index (χ0v) is 10.7. The SMILES string of the molecule is Brc1ccc(Oc2ccc([C@@H]3CO3)cc2)cc1. The van der Waals surface area contributed by atoms with E-state index in [1.807, 2.05) is 48.5 Å². The van der Waals surface area contributed by atoms with Crippen molar-refractivity contribution in [3.63, 3.8) is 0 Å². The first-order chi connectivity index (χ1) is 8.31. The van der Waals surface area contributed by atoms with Crippen LogP contribution >= 0.6 is 15.9 Å². The Kier molecular flexibility index (Phi) is 2.87. The fourth-order valence-corrected chi connectivity index (χ4v) is 1.89. The van der Waals surface area contributed by atoms with Gasteiger partial charge in [0.2, 0.25) is 0 Å². The molecule has 1 heterocycles. The number of hydrogen-bond donors (Lipinski definition) is 0. The molecule has 86 valence electrons. The van der Waals surface area contributed by atoms with Gasteiger partial charge < -0.3 is 9.47 Å². The molecule has 0 saturated carbocycles. The highest BCUT2D eigenvalue weighted by Gasteiger charge is 2.24. The largest absolute Gasteiger partial charge is 0.457 e. The molecule has 0 aliphatic carbocycles. The highest BCUT2D eigenvalue weighted by Crippen LogP contribution is 2.31. The van der Waals surface area contributed by atoms with Gasteiger partial charge >= 0.3 is 0 Å². The summed E-state index contributed by atoms with van der Waals surface area (Å²) in [7, 11) is 0. The van der Waals surface area contributed by atoms with Gasteiger partial charge in [-0.05, 0) is 42.0 Å². The van der Waals surface area contributed by atoms with Crippen molar-refractivity contribution in [3.05, 3.63) is 58.6 Å². The molecule has 2 aromatic rings. The molecule has 1 atom stereocenters. The summed E-state index contributed by atoms with van der Waals surface area (Å²) < 4.78 is 12.0. The summed E-state index contributed by atoms with van der Waals surface area (Å²) in [6.45, 7) is 0.840. The highest BCUT2D eigenvalue weighted by molar-refractivity contribution is 9.10. The standard InChI is InChI=1S/C14H11BrO2/c15-11-3-7-13(8-4-11)17-12-5-1-10(2-6-12)14-9-16-14/h1-8,14H,9H2/t14-/m0/s1. The molecule has 1 aliphatic heterocycles. The summed E-state index contributed by atoms with van der Waals surface area (Å²) in [5, 5.41) is 0. The zero-order chi connectivity index (χ0) is 11.7. The number of hydrogen-bond acceptors (Lipinski definition) is 2. The molecule has 1 aliphatic rings. The Labute approximate surface area is 108 Å². The van der Waals surface area contributed by atoms with Crippen LogP contribution in [0.15, 0.2) is 53.0 Å². The summed E-state index contributed by atoms with van der Waals surface area (Å²) >= 11 is 3.39. The van der Waals surface area contributed by atoms with Gasteiger partial charge in [0.05, 0.1) is 6.61 Å². The van der Waals surface area contributed by atoms with E-state index < -0.39 is 0 Å². The lowest BCUT2D eigenvalue weighted by Gasteiger charge is -2.06. The van der Waals surface area contributed by atoms with Gasteiger partial charge in [-0.15, -0.1) is 0 Å². The molecule has 0 unspecified atom stereocenters. The van der Waals surface area contributed by atoms with E-state index in [2.05, 4.69) is 15.9 Å². The Morgan fingerprint density at radius 3 is 2.00 bits per heavy atom. The fraction of sp³-hybridized carbons (Fsp3) is 0.143. The van der Waals surface area contributed by atoms with E-state index in [1.54, 1.807) is 0 Å². The van der Waals surface area contributed by atoms with Crippen molar-refractivity contribution in [2.45, 2.75) is 6.10 Å². The molecule has 2 aromatic carbocycles. The van der Waals surface area contributed by atoms with Crippen LogP contribution in [0.2, 0.25) is 0 Å². The summed E-state index contributed by atoms with van der Waals surface area (Å²) in [4.78, 5) is 0. The quantitative estimate of drug-likeness (QED) is 0.786. The van der Waals surface area contributed by atoms with Gasteiger partial charge in [-0.2, -0.15) is 0 Å². The van der Waals surface area contributed by atoms with E-state index in [0.29, 0.717) is 6.10 Å². The van der Waals surface area contributed by atoms with Crippen LogP contribution in [0.4, 0.5) is 0 Å². The first-order valence-corrected chi connectivity index (χ1v) is 6.25. The van der Waals surface area contributed by atoms with Gasteiger partial charge in [-0.1, -0.05) is 28.1 Å². The predicted molar refractivity (Wildman–Crippen MR) is 69.4 cm³/mol. The van der Waals surface area contributed by atoms with Gasteiger partial charge in [-0.25, -0.2) is 0 Å². The second-order valence-electron chi connectivity index (χ2n) is 3.95. The van der Waals surface area contributed by atoms with Crippen molar-refractivity contribution >= 4 is 15.9 Å². The molecule has 0 spiro atoms. The molecular weight excluding hydrogens is 280 g/mol. The van der Waals surface area contributed by atoms with Crippen molar-refractivity contribution in [1.82, 2.24) is 0 Å². The maximum Gasteiger partial charge on any atom is 0.127 e. The number of epoxide rings is 1. The van der Waals surface area contributed by atoms with Crippen LogP contribution in [0, 0.1) is 0 Å². The van der Waals surface area contributed by atoms with E-state index in [0.717, 1.165) is 22.6 Å². The minimum absolute atomic E-state index is 0.303. The van der Waals surface area contributed by atoms with Gasteiger partial charge in [-0.3, -0.25) is 0 Å². The topological polar surface area (TPSA) is 21.8 Å². The number of rotatable bonds is 3. The molecule has 0 bridgehead atoms. The average molecular weight is 291 g/mol. The van der Waals surface area contributed by atoms with Crippen molar-refractivity contribution in [2.24, 2.45) is 0 Å². The molecule has 0 N–H and O–H groups in total. The van der Waals surface area contributed by atoms with Crippen LogP contribution in [0.1, 0.15) is 11.7 Å². The third-order valence-electron chi connectivity index (χ3n) is 2.63. The molecule has 0 amide bonds. The van der Waals surface area contributed by atoms with Crippen LogP contribution in [0.5, 0.6) is 11.5 Å². The van der Waals surface area contributed by atoms with Crippen LogP contribution in [0.25, 0.3) is 0 Å². The van der Waals surface area contributed by atoms with Crippen molar-refractivity contribution in [3.8, 4) is 11.5 Å². The summed E-state index contributed by atoms with van der Waals surface area (Å²) in [6, 6.07) is 15.8. The van der Waals surface area contributed by atoms with E-state index in [4.69, 9.17) is 9.47 Å². The van der Waals surface area contributed by atoms with E-state index in [-0.39, 0.29) is 0 Å². The Balaban J connectivity index is 1.73. The van der Waals surface area contributed by atoms with E-state index >= 15 is 0 Å². The predicted octanol–water partition coefficient (Wildman–Crippen LogP) is 4.31. The molecule has 1 saturated heterocycles. The molecule has 3 heteroatoms. The van der Waals surface area contributed by atoms with Crippen LogP contribution in [-0.4, -0.2) is 6.61 Å². The Morgan fingerprint density at radius 2 is 1.47 bits per heavy atom. The second-order valence-corrected chi connectivity index (χ2v) is 4.86. The van der Waals surface area contributed by atoms with E-state index in [9.17, 15) is 0 Å². The van der Waals surface area contributed by atoms with Crippen molar-refractivity contribution < 1.29 is 9.47 Å². The molecular formula is C14H11BrO2. The van der Waals surface area contributed by atoms with Gasteiger partial charge in [0.1, 0.15) is 17.6 Å². The van der Waals surface area contributed by atoms with Crippen molar-refractivity contribution in [1.29, 1.82) is 0 Å². The maximum atomic E-state index is 5.73. The number of benzene rings is 2. The second kappa shape index (κ2) is 4.51. The summed E-state index contributed by atoms with van der Waals surface area (Å²) in [6.07, 6.45) is 0.303. The van der Waals surface area contributed by atoms with Crippen LogP contribution in [0.3, 0.4) is 0 Å². The van der Waals surface area contributed by atoms with Crippen molar-refractivity contribution in [2.75, 3.05) is 6.61 Å². The van der Waals surface area contributed by atoms with Gasteiger partial charge in [0, 0.05) is 4.47 Å². The first kappa shape index (κ1) is 10.8. The third-order valence-corrected chi connectivity index (χ3v) is 3.16. The maximum absolute atomic E-state index is 5.73. The molecule has 0 radical (unpaired) electrons. The molecule has 2 nitrogen and oxygen atoms in total. The summed E-state index contributed by atoms with van der Waals surface area (Å²) in [5.41, 5.74) is 1.22. The Bertz CT molecular complexity index is 501.